The number of hydrogen-bond acceptors (Lipinski definition) is 4. The molecule has 1 aliphatic heterocycles. The zero-order chi connectivity index (χ0) is 14.1. The van der Waals surface area contributed by atoms with Crippen LogP contribution in [-0.2, 0) is 14.3 Å². The summed E-state index contributed by atoms with van der Waals surface area (Å²) < 4.78 is 5.21. The second kappa shape index (κ2) is 8.87. The normalized spacial score (nSPS) is 17.1. The van der Waals surface area contributed by atoms with E-state index in [1.165, 1.54) is 0 Å². The first-order chi connectivity index (χ1) is 9.15. The molecule has 0 bridgehead atoms. The average Bonchev–Trinajstić information content (AvgIpc) is 2.45. The van der Waals surface area contributed by atoms with Crippen molar-refractivity contribution in [2.24, 2.45) is 0 Å². The molecule has 0 aromatic carbocycles. The van der Waals surface area contributed by atoms with Crippen LogP contribution in [0.15, 0.2) is 0 Å². The predicted molar refractivity (Wildman–Crippen MR) is 72.8 cm³/mol. The number of hydrogen-bond donors (Lipinski definition) is 2. The lowest BCUT2D eigenvalue weighted by atomic mass is 10.2. The number of carbonyl (C=O) groups excluding carboxylic acids is 2. The van der Waals surface area contributed by atoms with Crippen LogP contribution in [0.25, 0.3) is 0 Å². The summed E-state index contributed by atoms with van der Waals surface area (Å²) in [6.07, 6.45) is 1.34. The van der Waals surface area contributed by atoms with Crippen molar-refractivity contribution in [2.75, 3.05) is 39.4 Å². The molecule has 0 aromatic heterocycles. The second-order valence-electron chi connectivity index (χ2n) is 4.71. The van der Waals surface area contributed by atoms with Gasteiger partial charge >= 0.3 is 0 Å². The van der Waals surface area contributed by atoms with Crippen molar-refractivity contribution in [2.45, 2.75) is 32.7 Å². The molecule has 1 atom stereocenters. The minimum Gasteiger partial charge on any atom is -0.378 e. The maximum atomic E-state index is 12.1. The highest BCUT2D eigenvalue weighted by atomic mass is 16.5. The Morgan fingerprint density at radius 3 is 2.58 bits per heavy atom. The van der Waals surface area contributed by atoms with Crippen molar-refractivity contribution in [1.29, 1.82) is 0 Å². The van der Waals surface area contributed by atoms with E-state index in [4.69, 9.17) is 4.74 Å². The van der Waals surface area contributed by atoms with Gasteiger partial charge in [0.1, 0.15) is 0 Å². The predicted octanol–water partition coefficient (Wildman–Crippen LogP) is -0.260. The molecule has 1 fully saturated rings. The van der Waals surface area contributed by atoms with Crippen molar-refractivity contribution >= 4 is 11.8 Å². The molecule has 0 aliphatic carbocycles. The zero-order valence-corrected chi connectivity index (χ0v) is 11.9. The van der Waals surface area contributed by atoms with E-state index in [1.54, 1.807) is 4.90 Å². The van der Waals surface area contributed by atoms with Crippen molar-refractivity contribution < 1.29 is 14.3 Å². The summed E-state index contributed by atoms with van der Waals surface area (Å²) in [4.78, 5) is 25.2. The van der Waals surface area contributed by atoms with Gasteiger partial charge in [-0.1, -0.05) is 6.92 Å². The Kier molecular flexibility index (Phi) is 7.43. The zero-order valence-electron chi connectivity index (χ0n) is 11.9. The van der Waals surface area contributed by atoms with Crippen molar-refractivity contribution in [3.8, 4) is 0 Å². The molecule has 1 heterocycles. The number of morpholine rings is 1. The van der Waals surface area contributed by atoms with Gasteiger partial charge in [-0.2, -0.15) is 0 Å². The summed E-state index contributed by atoms with van der Waals surface area (Å²) in [5.41, 5.74) is 0. The first-order valence-electron chi connectivity index (χ1n) is 7.01. The summed E-state index contributed by atoms with van der Waals surface area (Å²) in [5.74, 6) is 0.109. The Morgan fingerprint density at radius 1 is 1.26 bits per heavy atom. The van der Waals surface area contributed by atoms with Crippen LogP contribution in [0.2, 0.25) is 0 Å². The van der Waals surface area contributed by atoms with E-state index >= 15 is 0 Å². The van der Waals surface area contributed by atoms with Crippen LogP contribution < -0.4 is 10.6 Å². The smallest absolute Gasteiger partial charge is 0.239 e. The Labute approximate surface area is 114 Å². The molecule has 0 spiro atoms. The molecule has 1 saturated heterocycles. The first kappa shape index (κ1) is 15.9. The Hall–Kier alpha value is -1.14. The Balaban J connectivity index is 2.17. The molecule has 0 saturated carbocycles. The van der Waals surface area contributed by atoms with Gasteiger partial charge in [-0.05, 0) is 13.3 Å². The van der Waals surface area contributed by atoms with Crippen LogP contribution in [0.4, 0.5) is 0 Å². The van der Waals surface area contributed by atoms with Gasteiger partial charge in [0.05, 0.1) is 19.3 Å². The summed E-state index contributed by atoms with van der Waals surface area (Å²) in [7, 11) is 0. The highest BCUT2D eigenvalue weighted by Gasteiger charge is 2.21. The summed E-state index contributed by atoms with van der Waals surface area (Å²) >= 11 is 0. The molecule has 19 heavy (non-hydrogen) atoms. The van der Waals surface area contributed by atoms with Crippen LogP contribution in [-0.4, -0.2) is 62.1 Å². The summed E-state index contributed by atoms with van der Waals surface area (Å²) in [6, 6.07) is -0.253. The monoisotopic (exact) mass is 271 g/mol. The highest BCUT2D eigenvalue weighted by Crippen LogP contribution is 2.00. The molecule has 1 unspecified atom stereocenters. The van der Waals surface area contributed by atoms with Crippen LogP contribution in [0.5, 0.6) is 0 Å². The van der Waals surface area contributed by atoms with E-state index < -0.39 is 0 Å². The summed E-state index contributed by atoms with van der Waals surface area (Å²) in [5, 5.41) is 5.90. The Morgan fingerprint density at radius 2 is 1.95 bits per heavy atom. The van der Waals surface area contributed by atoms with Gasteiger partial charge in [0.25, 0.3) is 0 Å². The van der Waals surface area contributed by atoms with Crippen LogP contribution in [0, 0.1) is 0 Å². The van der Waals surface area contributed by atoms with Crippen LogP contribution >= 0.6 is 0 Å². The van der Waals surface area contributed by atoms with E-state index in [-0.39, 0.29) is 17.9 Å². The van der Waals surface area contributed by atoms with Crippen molar-refractivity contribution in [3.05, 3.63) is 0 Å². The maximum absolute atomic E-state index is 12.1. The molecule has 2 amide bonds. The minimum absolute atomic E-state index is 0.0281. The molecule has 1 aliphatic rings. The van der Waals surface area contributed by atoms with Crippen molar-refractivity contribution in [3.63, 3.8) is 0 Å². The van der Waals surface area contributed by atoms with Gasteiger partial charge in [-0.25, -0.2) is 0 Å². The van der Waals surface area contributed by atoms with E-state index in [1.807, 2.05) is 13.8 Å². The molecular formula is C13H25N3O3. The highest BCUT2D eigenvalue weighted by molar-refractivity contribution is 5.81. The molecule has 110 valence electrons. The van der Waals surface area contributed by atoms with Crippen LogP contribution in [0.3, 0.4) is 0 Å². The maximum Gasteiger partial charge on any atom is 0.239 e. The van der Waals surface area contributed by atoms with Gasteiger partial charge in [0, 0.05) is 32.6 Å². The quantitative estimate of drug-likeness (QED) is 0.669. The SMILES string of the molecule is CCCNC(=O)CCNC(C)C(=O)N1CCOCC1. The molecule has 2 N–H and O–H groups in total. The molecule has 0 radical (unpaired) electrons. The lowest BCUT2D eigenvalue weighted by Crippen LogP contribution is -2.49. The minimum atomic E-state index is -0.253. The molecule has 6 heteroatoms. The van der Waals surface area contributed by atoms with E-state index in [2.05, 4.69) is 10.6 Å². The standard InChI is InChI=1S/C13H25N3O3/c1-3-5-15-12(17)4-6-14-11(2)13(18)16-7-9-19-10-8-16/h11,14H,3-10H2,1-2H3,(H,15,17). The summed E-state index contributed by atoms with van der Waals surface area (Å²) in [6.45, 7) is 7.61. The number of amides is 2. The van der Waals surface area contributed by atoms with Gasteiger partial charge in [0.2, 0.25) is 11.8 Å². The third-order valence-electron chi connectivity index (χ3n) is 3.07. The lowest BCUT2D eigenvalue weighted by molar-refractivity contribution is -0.137. The fourth-order valence-electron chi connectivity index (χ4n) is 1.90. The van der Waals surface area contributed by atoms with E-state index in [0.717, 1.165) is 6.42 Å². The molecule has 0 aromatic rings. The van der Waals surface area contributed by atoms with Gasteiger partial charge in [0.15, 0.2) is 0 Å². The van der Waals surface area contributed by atoms with E-state index in [0.29, 0.717) is 45.8 Å². The third kappa shape index (κ3) is 6.02. The largest absolute Gasteiger partial charge is 0.378 e. The van der Waals surface area contributed by atoms with Gasteiger partial charge in [-0.15, -0.1) is 0 Å². The second-order valence-corrected chi connectivity index (χ2v) is 4.71. The number of rotatable bonds is 7. The number of nitrogens with zero attached hydrogens (tertiary/aromatic N) is 1. The fraction of sp³-hybridized carbons (Fsp3) is 0.846. The third-order valence-corrected chi connectivity index (χ3v) is 3.07. The number of ether oxygens (including phenoxy) is 1. The first-order valence-corrected chi connectivity index (χ1v) is 7.01. The van der Waals surface area contributed by atoms with Crippen molar-refractivity contribution in [1.82, 2.24) is 15.5 Å². The topological polar surface area (TPSA) is 70.7 Å². The van der Waals surface area contributed by atoms with E-state index in [9.17, 15) is 9.59 Å². The lowest BCUT2D eigenvalue weighted by Gasteiger charge is -2.29. The molecular weight excluding hydrogens is 246 g/mol. The van der Waals surface area contributed by atoms with Crippen LogP contribution in [0.1, 0.15) is 26.7 Å². The average molecular weight is 271 g/mol. The number of carbonyl (C=O) groups is 2. The fourth-order valence-corrected chi connectivity index (χ4v) is 1.90. The molecule has 1 rings (SSSR count). The molecule has 6 nitrogen and oxygen atoms in total. The Bertz CT molecular complexity index is 291. The van der Waals surface area contributed by atoms with Gasteiger partial charge < -0.3 is 20.3 Å². The van der Waals surface area contributed by atoms with Gasteiger partial charge in [-0.3, -0.25) is 9.59 Å². The number of nitrogens with one attached hydrogen (secondary N) is 2.